The summed E-state index contributed by atoms with van der Waals surface area (Å²) in [5.41, 5.74) is 3.80. The predicted molar refractivity (Wildman–Crippen MR) is 98.7 cm³/mol. The number of oxime groups is 1. The van der Waals surface area contributed by atoms with Crippen molar-refractivity contribution in [3.05, 3.63) is 52.7 Å². The van der Waals surface area contributed by atoms with Gasteiger partial charge in [0, 0.05) is 18.3 Å². The fraction of sp³-hybridized carbons (Fsp3) is 0.400. The van der Waals surface area contributed by atoms with Crippen LogP contribution in [0.4, 0.5) is 0 Å². The lowest BCUT2D eigenvalue weighted by atomic mass is 10.1. The summed E-state index contributed by atoms with van der Waals surface area (Å²) in [5.74, 6) is 1.76. The molecule has 0 radical (unpaired) electrons. The maximum atomic E-state index is 9.67. The molecule has 2 heterocycles. The quantitative estimate of drug-likeness (QED) is 0.389. The molecule has 1 fully saturated rings. The Balaban J connectivity index is 2.00. The number of benzene rings is 1. The topological polar surface area (TPSA) is 58.0 Å². The number of ether oxygens (including phenoxy) is 1. The Morgan fingerprint density at radius 3 is 2.68 bits per heavy atom. The SMILES string of the molecule is Cc1ccc(Oc2nc(C)ccc2/C(=N/O)N2CCCC2C)c(C)c1. The van der Waals surface area contributed by atoms with Crippen molar-refractivity contribution in [2.24, 2.45) is 5.16 Å². The number of aromatic nitrogens is 1. The van der Waals surface area contributed by atoms with E-state index in [-0.39, 0.29) is 0 Å². The van der Waals surface area contributed by atoms with Crippen LogP contribution in [0.1, 0.15) is 42.1 Å². The van der Waals surface area contributed by atoms with Crippen LogP contribution >= 0.6 is 0 Å². The highest BCUT2D eigenvalue weighted by Crippen LogP contribution is 2.30. The summed E-state index contributed by atoms with van der Waals surface area (Å²) >= 11 is 0. The number of hydrogen-bond donors (Lipinski definition) is 1. The summed E-state index contributed by atoms with van der Waals surface area (Å²) in [7, 11) is 0. The number of pyridine rings is 1. The van der Waals surface area contributed by atoms with Gasteiger partial charge in [-0.2, -0.15) is 0 Å². The lowest BCUT2D eigenvalue weighted by molar-refractivity contribution is 0.298. The van der Waals surface area contributed by atoms with Gasteiger partial charge in [0.05, 0.1) is 5.56 Å². The van der Waals surface area contributed by atoms with Crippen LogP contribution < -0.4 is 4.74 Å². The average Bonchev–Trinajstić information content (AvgIpc) is 2.99. The molecule has 0 aliphatic carbocycles. The van der Waals surface area contributed by atoms with Gasteiger partial charge in [-0.05, 0) is 64.3 Å². The van der Waals surface area contributed by atoms with Gasteiger partial charge >= 0.3 is 0 Å². The van der Waals surface area contributed by atoms with Crippen molar-refractivity contribution in [1.82, 2.24) is 9.88 Å². The van der Waals surface area contributed by atoms with Crippen molar-refractivity contribution in [2.45, 2.75) is 46.6 Å². The number of nitrogens with zero attached hydrogens (tertiary/aromatic N) is 3. The van der Waals surface area contributed by atoms with E-state index in [9.17, 15) is 5.21 Å². The van der Waals surface area contributed by atoms with Crippen molar-refractivity contribution in [3.63, 3.8) is 0 Å². The Labute approximate surface area is 149 Å². The lowest BCUT2D eigenvalue weighted by Gasteiger charge is -2.25. The molecule has 5 nitrogen and oxygen atoms in total. The highest BCUT2D eigenvalue weighted by Gasteiger charge is 2.28. The second-order valence-corrected chi connectivity index (χ2v) is 6.78. The molecule has 5 heteroatoms. The van der Waals surface area contributed by atoms with Crippen molar-refractivity contribution in [1.29, 1.82) is 0 Å². The van der Waals surface area contributed by atoms with E-state index in [1.807, 2.05) is 38.1 Å². The van der Waals surface area contributed by atoms with Gasteiger partial charge in [0.15, 0.2) is 5.84 Å². The summed E-state index contributed by atoms with van der Waals surface area (Å²) < 4.78 is 6.12. The van der Waals surface area contributed by atoms with Crippen LogP contribution in [0.25, 0.3) is 0 Å². The second-order valence-electron chi connectivity index (χ2n) is 6.78. The summed E-state index contributed by atoms with van der Waals surface area (Å²) in [6, 6.07) is 10.2. The van der Waals surface area contributed by atoms with E-state index in [1.54, 1.807) is 0 Å². The van der Waals surface area contributed by atoms with Gasteiger partial charge in [0.1, 0.15) is 5.75 Å². The maximum Gasteiger partial charge on any atom is 0.230 e. The Morgan fingerprint density at radius 2 is 2.04 bits per heavy atom. The Hall–Kier alpha value is -2.56. The monoisotopic (exact) mass is 339 g/mol. The third-order valence-electron chi connectivity index (χ3n) is 4.70. The van der Waals surface area contributed by atoms with Crippen LogP contribution in [0.15, 0.2) is 35.5 Å². The van der Waals surface area contributed by atoms with Gasteiger partial charge in [-0.1, -0.05) is 22.9 Å². The first-order valence-corrected chi connectivity index (χ1v) is 8.71. The third-order valence-corrected chi connectivity index (χ3v) is 4.70. The first kappa shape index (κ1) is 17.3. The number of hydrogen-bond acceptors (Lipinski definition) is 4. The largest absolute Gasteiger partial charge is 0.438 e. The molecule has 1 N–H and O–H groups in total. The van der Waals surface area contributed by atoms with Crippen LogP contribution in [0.5, 0.6) is 11.6 Å². The van der Waals surface area contributed by atoms with Crippen molar-refractivity contribution in [2.75, 3.05) is 6.54 Å². The van der Waals surface area contributed by atoms with E-state index in [0.717, 1.165) is 36.4 Å². The van der Waals surface area contributed by atoms with Gasteiger partial charge in [-0.15, -0.1) is 0 Å². The van der Waals surface area contributed by atoms with E-state index in [1.165, 1.54) is 5.56 Å². The summed E-state index contributed by atoms with van der Waals surface area (Å²) in [6.07, 6.45) is 2.18. The maximum absolute atomic E-state index is 9.67. The first-order valence-electron chi connectivity index (χ1n) is 8.71. The van der Waals surface area contributed by atoms with E-state index in [2.05, 4.69) is 35.0 Å². The molecule has 0 amide bonds. The molecule has 1 atom stereocenters. The number of aryl methyl sites for hydroxylation is 3. The van der Waals surface area contributed by atoms with E-state index in [0.29, 0.717) is 23.3 Å². The van der Waals surface area contributed by atoms with E-state index in [4.69, 9.17) is 4.74 Å². The summed E-state index contributed by atoms with van der Waals surface area (Å²) in [4.78, 5) is 6.67. The molecule has 1 aliphatic heterocycles. The molecule has 0 bridgehead atoms. The van der Waals surface area contributed by atoms with Crippen molar-refractivity contribution >= 4 is 5.84 Å². The number of rotatable bonds is 3. The highest BCUT2D eigenvalue weighted by molar-refractivity contribution is 6.00. The van der Waals surface area contributed by atoms with Crippen LogP contribution in [-0.4, -0.2) is 33.5 Å². The van der Waals surface area contributed by atoms with Gasteiger partial charge in [-0.25, -0.2) is 4.98 Å². The van der Waals surface area contributed by atoms with Crippen molar-refractivity contribution < 1.29 is 9.94 Å². The molecule has 1 saturated heterocycles. The molecule has 132 valence electrons. The molecule has 1 unspecified atom stereocenters. The molecule has 1 aliphatic rings. The molecule has 3 rings (SSSR count). The Kier molecular flexibility index (Phi) is 4.93. The van der Waals surface area contributed by atoms with Crippen LogP contribution in [0, 0.1) is 20.8 Å². The van der Waals surface area contributed by atoms with Crippen LogP contribution in [0.2, 0.25) is 0 Å². The van der Waals surface area contributed by atoms with Gasteiger partial charge in [-0.3, -0.25) is 0 Å². The molecule has 0 spiro atoms. The molecule has 2 aromatic rings. The second kappa shape index (κ2) is 7.13. The van der Waals surface area contributed by atoms with Gasteiger partial charge < -0.3 is 14.8 Å². The first-order chi connectivity index (χ1) is 12.0. The number of amidine groups is 1. The summed E-state index contributed by atoms with van der Waals surface area (Å²) in [6.45, 7) is 9.01. The van der Waals surface area contributed by atoms with E-state index >= 15 is 0 Å². The van der Waals surface area contributed by atoms with Crippen LogP contribution in [-0.2, 0) is 0 Å². The fourth-order valence-corrected chi connectivity index (χ4v) is 3.31. The molecule has 0 saturated carbocycles. The smallest absolute Gasteiger partial charge is 0.230 e. The predicted octanol–water partition coefficient (Wildman–Crippen LogP) is 4.42. The molecule has 1 aromatic carbocycles. The minimum absolute atomic E-state index is 0.334. The minimum Gasteiger partial charge on any atom is -0.438 e. The van der Waals surface area contributed by atoms with Crippen molar-refractivity contribution in [3.8, 4) is 11.6 Å². The molecular weight excluding hydrogens is 314 g/mol. The van der Waals surface area contributed by atoms with Gasteiger partial charge in [0.2, 0.25) is 5.88 Å². The number of likely N-dealkylation sites (tertiary alicyclic amines) is 1. The lowest BCUT2D eigenvalue weighted by Crippen LogP contribution is -2.34. The zero-order valence-electron chi connectivity index (χ0n) is 15.3. The summed E-state index contributed by atoms with van der Waals surface area (Å²) in [5, 5.41) is 13.3. The highest BCUT2D eigenvalue weighted by atomic mass is 16.5. The zero-order valence-corrected chi connectivity index (χ0v) is 15.3. The van der Waals surface area contributed by atoms with Gasteiger partial charge in [0.25, 0.3) is 0 Å². The molecular formula is C20H25N3O2. The van der Waals surface area contributed by atoms with Crippen LogP contribution in [0.3, 0.4) is 0 Å². The zero-order chi connectivity index (χ0) is 18.0. The molecule has 25 heavy (non-hydrogen) atoms. The molecule has 1 aromatic heterocycles. The third kappa shape index (κ3) is 3.60. The average molecular weight is 339 g/mol. The minimum atomic E-state index is 0.334. The normalized spacial score (nSPS) is 17.8. The van der Waals surface area contributed by atoms with E-state index < -0.39 is 0 Å². The Morgan fingerprint density at radius 1 is 1.24 bits per heavy atom. The Bertz CT molecular complexity index is 802. The standard InChI is InChI=1S/C20H25N3O2/c1-13-7-10-18(14(2)12-13)25-20-17(9-8-15(3)21-20)19(22-24)23-11-5-6-16(23)4/h7-10,12,16,24H,5-6,11H2,1-4H3/b22-19-. The fourth-order valence-electron chi connectivity index (χ4n) is 3.31.